The summed E-state index contributed by atoms with van der Waals surface area (Å²) >= 11 is 0. The third-order valence-electron chi connectivity index (χ3n) is 6.07. The molecule has 0 spiro atoms. The molecule has 9 heteroatoms. The van der Waals surface area contributed by atoms with Crippen molar-refractivity contribution in [2.45, 2.75) is 31.5 Å². The van der Waals surface area contributed by atoms with Gasteiger partial charge >= 0.3 is 6.18 Å². The van der Waals surface area contributed by atoms with Crippen LogP contribution in [0.1, 0.15) is 36.4 Å². The van der Waals surface area contributed by atoms with Crippen LogP contribution in [-0.2, 0) is 20.6 Å². The predicted molar refractivity (Wildman–Crippen MR) is 115 cm³/mol. The summed E-state index contributed by atoms with van der Waals surface area (Å²) in [5.41, 5.74) is 0.135. The van der Waals surface area contributed by atoms with Crippen molar-refractivity contribution < 1.29 is 27.6 Å². The van der Waals surface area contributed by atoms with E-state index in [1.165, 1.54) is 17.0 Å². The Bertz CT molecular complexity index is 1040. The van der Waals surface area contributed by atoms with Gasteiger partial charge in [-0.3, -0.25) is 14.4 Å². The van der Waals surface area contributed by atoms with Gasteiger partial charge < -0.3 is 15.1 Å². The van der Waals surface area contributed by atoms with E-state index in [2.05, 4.69) is 5.32 Å². The molecule has 6 nitrogen and oxygen atoms in total. The molecule has 0 radical (unpaired) electrons. The summed E-state index contributed by atoms with van der Waals surface area (Å²) in [7, 11) is 0. The molecular formula is C24H24F3N3O3. The number of nitrogens with zero attached hydrogens (tertiary/aromatic N) is 2. The lowest BCUT2D eigenvalue weighted by Crippen LogP contribution is -2.41. The van der Waals surface area contributed by atoms with Crippen molar-refractivity contribution in [2.24, 2.45) is 5.92 Å². The zero-order chi connectivity index (χ0) is 23.6. The number of nitrogens with one attached hydrogen (secondary N) is 1. The molecule has 33 heavy (non-hydrogen) atoms. The average Bonchev–Trinajstić information content (AvgIpc) is 3.38. The number of amides is 3. The lowest BCUT2D eigenvalue weighted by Gasteiger charge is -2.27. The Morgan fingerprint density at radius 1 is 1.06 bits per heavy atom. The van der Waals surface area contributed by atoms with Crippen LogP contribution in [0, 0.1) is 5.92 Å². The summed E-state index contributed by atoms with van der Waals surface area (Å²) < 4.78 is 39.8. The summed E-state index contributed by atoms with van der Waals surface area (Å²) in [5, 5.41) is 2.81. The maximum atomic E-state index is 13.3. The largest absolute Gasteiger partial charge is 0.416 e. The van der Waals surface area contributed by atoms with Crippen LogP contribution in [0.25, 0.3) is 0 Å². The van der Waals surface area contributed by atoms with Crippen LogP contribution in [0.3, 0.4) is 0 Å². The Kier molecular flexibility index (Phi) is 6.40. The van der Waals surface area contributed by atoms with Gasteiger partial charge in [0.05, 0.1) is 17.5 Å². The summed E-state index contributed by atoms with van der Waals surface area (Å²) in [6, 6.07) is 12.9. The van der Waals surface area contributed by atoms with Crippen molar-refractivity contribution in [2.75, 3.05) is 24.5 Å². The first-order valence-corrected chi connectivity index (χ1v) is 10.8. The first kappa shape index (κ1) is 22.8. The average molecular weight is 459 g/mol. The van der Waals surface area contributed by atoms with Gasteiger partial charge in [0.2, 0.25) is 17.7 Å². The first-order chi connectivity index (χ1) is 15.7. The normalized spacial score (nSPS) is 19.8. The summed E-state index contributed by atoms with van der Waals surface area (Å²) in [6.07, 6.45) is -3.46. The fourth-order valence-electron chi connectivity index (χ4n) is 4.31. The predicted octanol–water partition coefficient (Wildman–Crippen LogP) is 3.54. The maximum absolute atomic E-state index is 13.3. The molecule has 3 amide bonds. The van der Waals surface area contributed by atoms with E-state index in [0.717, 1.165) is 12.1 Å². The number of alkyl halides is 3. The van der Waals surface area contributed by atoms with Crippen molar-refractivity contribution in [3.63, 3.8) is 0 Å². The van der Waals surface area contributed by atoms with E-state index in [1.54, 1.807) is 29.2 Å². The molecule has 2 saturated heterocycles. The van der Waals surface area contributed by atoms with Gasteiger partial charge in [-0.2, -0.15) is 13.2 Å². The van der Waals surface area contributed by atoms with Crippen LogP contribution in [-0.4, -0.2) is 42.3 Å². The Morgan fingerprint density at radius 3 is 2.48 bits per heavy atom. The molecule has 2 aromatic rings. The first-order valence-electron chi connectivity index (χ1n) is 10.8. The number of carbonyl (C=O) groups is 3. The maximum Gasteiger partial charge on any atom is 0.416 e. The highest BCUT2D eigenvalue weighted by Gasteiger charge is 2.37. The summed E-state index contributed by atoms with van der Waals surface area (Å²) in [6.45, 7) is 0.759. The molecule has 0 saturated carbocycles. The van der Waals surface area contributed by atoms with Gasteiger partial charge in [0, 0.05) is 38.2 Å². The molecule has 4 rings (SSSR count). The quantitative estimate of drug-likeness (QED) is 0.719. The second-order valence-electron chi connectivity index (χ2n) is 8.37. The molecule has 2 fully saturated rings. The molecule has 0 aromatic heterocycles. The van der Waals surface area contributed by atoms with Crippen LogP contribution in [0.2, 0.25) is 0 Å². The van der Waals surface area contributed by atoms with Gasteiger partial charge in [0.25, 0.3) is 0 Å². The second-order valence-corrected chi connectivity index (χ2v) is 8.37. The number of carbonyl (C=O) groups excluding carboxylic acids is 3. The Hall–Kier alpha value is -3.36. The van der Waals surface area contributed by atoms with Crippen molar-refractivity contribution >= 4 is 23.4 Å². The van der Waals surface area contributed by atoms with Gasteiger partial charge in [-0.1, -0.05) is 30.3 Å². The summed E-state index contributed by atoms with van der Waals surface area (Å²) in [4.78, 5) is 40.8. The number of para-hydroxylation sites is 1. The van der Waals surface area contributed by atoms with E-state index < -0.39 is 29.6 Å². The minimum Gasteiger partial charge on any atom is -0.347 e. The van der Waals surface area contributed by atoms with Crippen molar-refractivity contribution in [1.82, 2.24) is 10.2 Å². The lowest BCUT2D eigenvalue weighted by atomic mass is 10.0. The topological polar surface area (TPSA) is 69.7 Å². The number of rotatable bonds is 6. The van der Waals surface area contributed by atoms with Crippen LogP contribution in [0.5, 0.6) is 0 Å². The molecule has 2 unspecified atom stereocenters. The smallest absolute Gasteiger partial charge is 0.347 e. The van der Waals surface area contributed by atoms with Gasteiger partial charge in [-0.25, -0.2) is 0 Å². The highest BCUT2D eigenvalue weighted by molar-refractivity contribution is 6.00. The van der Waals surface area contributed by atoms with Crippen molar-refractivity contribution in [3.05, 3.63) is 65.7 Å². The number of likely N-dealkylation sites (tertiary alicyclic amines) is 1. The van der Waals surface area contributed by atoms with E-state index >= 15 is 0 Å². The number of hydrogen-bond acceptors (Lipinski definition) is 3. The fourth-order valence-corrected chi connectivity index (χ4v) is 4.31. The number of halogens is 3. The Morgan fingerprint density at radius 2 is 1.82 bits per heavy atom. The minimum absolute atomic E-state index is 0.0126. The van der Waals surface area contributed by atoms with Crippen molar-refractivity contribution in [3.8, 4) is 0 Å². The van der Waals surface area contributed by atoms with Crippen molar-refractivity contribution in [1.29, 1.82) is 0 Å². The molecule has 2 aliphatic heterocycles. The number of anilines is 1. The highest BCUT2D eigenvalue weighted by atomic mass is 19.4. The van der Waals surface area contributed by atoms with Gasteiger partial charge in [0.1, 0.15) is 0 Å². The Balaban J connectivity index is 1.53. The van der Waals surface area contributed by atoms with Crippen LogP contribution in [0.4, 0.5) is 18.9 Å². The second kappa shape index (κ2) is 9.25. The summed E-state index contributed by atoms with van der Waals surface area (Å²) in [5.74, 6) is -1.34. The molecule has 2 heterocycles. The van der Waals surface area contributed by atoms with Gasteiger partial charge in [-0.15, -0.1) is 0 Å². The zero-order valence-corrected chi connectivity index (χ0v) is 17.8. The number of benzene rings is 2. The fraction of sp³-hybridized carbons (Fsp3) is 0.375. The van der Waals surface area contributed by atoms with E-state index in [1.807, 2.05) is 6.07 Å². The molecule has 174 valence electrons. The van der Waals surface area contributed by atoms with Crippen LogP contribution in [0.15, 0.2) is 54.6 Å². The standard InChI is InChI=1S/C24H24F3N3O3/c25-24(26,27)18-7-4-6-16(12-18)20(15-29-11-5-10-21(29)31)28-23(33)17-13-22(32)30(14-17)19-8-2-1-3-9-19/h1-4,6-9,12,17,20H,5,10-11,13-15H2,(H,28,33). The third-order valence-corrected chi connectivity index (χ3v) is 6.07. The molecule has 1 N–H and O–H groups in total. The SMILES string of the molecule is O=C(NC(CN1CCCC1=O)c1cccc(C(F)(F)F)c1)C1CC(=O)N(c2ccccc2)C1. The molecule has 0 aliphatic carbocycles. The molecular weight excluding hydrogens is 435 g/mol. The molecule has 2 aliphatic rings. The van der Waals surface area contributed by atoms with Gasteiger partial charge in [-0.05, 0) is 36.2 Å². The molecule has 2 aromatic carbocycles. The van der Waals surface area contributed by atoms with E-state index in [0.29, 0.717) is 25.1 Å². The van der Waals surface area contributed by atoms with E-state index in [-0.39, 0.29) is 36.9 Å². The lowest BCUT2D eigenvalue weighted by molar-refractivity contribution is -0.137. The minimum atomic E-state index is -4.53. The molecule has 0 bridgehead atoms. The monoisotopic (exact) mass is 459 g/mol. The number of hydrogen-bond donors (Lipinski definition) is 1. The van der Waals surface area contributed by atoms with E-state index in [9.17, 15) is 27.6 Å². The third kappa shape index (κ3) is 5.18. The van der Waals surface area contributed by atoms with E-state index in [4.69, 9.17) is 0 Å². The Labute approximate surface area is 189 Å². The van der Waals surface area contributed by atoms with Crippen LogP contribution >= 0.6 is 0 Å². The highest BCUT2D eigenvalue weighted by Crippen LogP contribution is 2.32. The zero-order valence-electron chi connectivity index (χ0n) is 17.8. The van der Waals surface area contributed by atoms with Gasteiger partial charge in [0.15, 0.2) is 0 Å². The van der Waals surface area contributed by atoms with Crippen LogP contribution < -0.4 is 10.2 Å². The molecule has 2 atom stereocenters.